The van der Waals surface area contributed by atoms with Crippen molar-refractivity contribution in [1.29, 1.82) is 0 Å². The molecule has 1 N–H and O–H groups in total. The van der Waals surface area contributed by atoms with Gasteiger partial charge in [0.05, 0.1) is 0 Å². The Morgan fingerprint density at radius 3 is 2.87 bits per heavy atom. The summed E-state index contributed by atoms with van der Waals surface area (Å²) in [6.07, 6.45) is 15.2. The maximum atomic E-state index is 11.8. The zero-order valence-corrected chi connectivity index (χ0v) is 14.3. The fourth-order valence-corrected chi connectivity index (χ4v) is 6.36. The molecule has 5 atom stereocenters. The van der Waals surface area contributed by atoms with Gasteiger partial charge in [0.2, 0.25) is 0 Å². The zero-order chi connectivity index (χ0) is 16.2. The van der Waals surface area contributed by atoms with Gasteiger partial charge < -0.3 is 5.11 Å². The van der Waals surface area contributed by atoms with Gasteiger partial charge in [-0.05, 0) is 73.8 Å². The molecule has 2 fully saturated rings. The monoisotopic (exact) mass is 312 g/mol. The van der Waals surface area contributed by atoms with Crippen molar-refractivity contribution >= 4 is 5.78 Å². The van der Waals surface area contributed by atoms with E-state index in [9.17, 15) is 9.90 Å². The van der Waals surface area contributed by atoms with Crippen LogP contribution in [-0.2, 0) is 4.79 Å². The molecule has 0 aliphatic heterocycles. The van der Waals surface area contributed by atoms with Crippen LogP contribution in [0.3, 0.4) is 0 Å². The molecular formula is C21H28O2. The lowest BCUT2D eigenvalue weighted by molar-refractivity contribution is -0.111. The van der Waals surface area contributed by atoms with E-state index in [2.05, 4.69) is 26.0 Å². The van der Waals surface area contributed by atoms with Crippen LogP contribution in [-0.4, -0.2) is 17.5 Å². The minimum absolute atomic E-state index is 0.0951. The number of carbonyl (C=O) groups excluding carboxylic acids is 1. The van der Waals surface area contributed by atoms with Crippen LogP contribution in [0.1, 0.15) is 52.4 Å². The normalized spacial score (nSPS) is 45.0. The first-order valence-electron chi connectivity index (χ1n) is 9.23. The van der Waals surface area contributed by atoms with Crippen molar-refractivity contribution in [2.75, 3.05) is 6.61 Å². The van der Waals surface area contributed by atoms with Gasteiger partial charge in [0.15, 0.2) is 5.78 Å². The second-order valence-corrected chi connectivity index (χ2v) is 8.50. The summed E-state index contributed by atoms with van der Waals surface area (Å²) in [5.41, 5.74) is 3.27. The van der Waals surface area contributed by atoms with E-state index in [1.807, 2.05) is 6.08 Å². The molecule has 0 unspecified atom stereocenters. The molecule has 0 radical (unpaired) electrons. The smallest absolute Gasteiger partial charge is 0.178 e. The molecule has 2 saturated carbocycles. The maximum absolute atomic E-state index is 11.8. The topological polar surface area (TPSA) is 37.3 Å². The van der Waals surface area contributed by atoms with Crippen molar-refractivity contribution in [2.45, 2.75) is 52.4 Å². The van der Waals surface area contributed by atoms with Gasteiger partial charge in [-0.2, -0.15) is 0 Å². The molecule has 0 saturated heterocycles. The van der Waals surface area contributed by atoms with Crippen molar-refractivity contribution < 1.29 is 9.90 Å². The van der Waals surface area contributed by atoms with Crippen LogP contribution in [0.4, 0.5) is 0 Å². The fourth-order valence-electron chi connectivity index (χ4n) is 6.36. The summed E-state index contributed by atoms with van der Waals surface area (Å²) in [6.45, 7) is 5.08. The lowest BCUT2D eigenvalue weighted by Crippen LogP contribution is -2.49. The molecule has 0 bridgehead atoms. The number of carbonyl (C=O) groups is 1. The van der Waals surface area contributed by atoms with E-state index >= 15 is 0 Å². The van der Waals surface area contributed by atoms with Gasteiger partial charge in [0.25, 0.3) is 0 Å². The van der Waals surface area contributed by atoms with Crippen LogP contribution < -0.4 is 0 Å². The molecule has 0 aromatic carbocycles. The summed E-state index contributed by atoms with van der Waals surface area (Å²) in [6, 6.07) is 0. The molecule has 4 aliphatic carbocycles. The summed E-state index contributed by atoms with van der Waals surface area (Å²) in [4.78, 5) is 11.8. The molecule has 4 aliphatic rings. The predicted octanol–water partition coefficient (Wildman–Crippen LogP) is 4.21. The largest absolute Gasteiger partial charge is 0.396 e. The van der Waals surface area contributed by atoms with E-state index in [4.69, 9.17) is 0 Å². The highest BCUT2D eigenvalue weighted by molar-refractivity contribution is 6.01. The first kappa shape index (κ1) is 15.4. The molecule has 0 amide bonds. The Balaban J connectivity index is 1.65. The summed E-state index contributed by atoms with van der Waals surface area (Å²) in [5.74, 6) is 2.32. The fraction of sp³-hybridized carbons (Fsp3) is 0.667. The van der Waals surface area contributed by atoms with Gasteiger partial charge in [-0.3, -0.25) is 4.79 Å². The average Bonchev–Trinajstić information content (AvgIpc) is 2.85. The van der Waals surface area contributed by atoms with Gasteiger partial charge in [0, 0.05) is 12.0 Å². The molecule has 2 nitrogen and oxygen atoms in total. The predicted molar refractivity (Wildman–Crippen MR) is 91.8 cm³/mol. The zero-order valence-electron chi connectivity index (χ0n) is 14.3. The minimum Gasteiger partial charge on any atom is -0.396 e. The molecule has 124 valence electrons. The van der Waals surface area contributed by atoms with E-state index in [1.54, 1.807) is 6.08 Å². The van der Waals surface area contributed by atoms with Crippen molar-refractivity contribution in [3.05, 3.63) is 35.5 Å². The average molecular weight is 312 g/mol. The molecule has 0 spiro atoms. The van der Waals surface area contributed by atoms with Crippen molar-refractivity contribution in [1.82, 2.24) is 0 Å². The molecule has 23 heavy (non-hydrogen) atoms. The summed E-state index contributed by atoms with van der Waals surface area (Å²) in [5, 5.41) is 9.39. The van der Waals surface area contributed by atoms with Crippen LogP contribution >= 0.6 is 0 Å². The van der Waals surface area contributed by atoms with Crippen LogP contribution in [0.15, 0.2) is 35.5 Å². The van der Waals surface area contributed by atoms with Crippen LogP contribution in [0.25, 0.3) is 0 Å². The number of allylic oxidation sites excluding steroid dienone is 5. The van der Waals surface area contributed by atoms with E-state index in [1.165, 1.54) is 36.8 Å². The summed E-state index contributed by atoms with van der Waals surface area (Å²) < 4.78 is 0. The second-order valence-electron chi connectivity index (χ2n) is 8.50. The van der Waals surface area contributed by atoms with Gasteiger partial charge in [-0.25, -0.2) is 0 Å². The molecule has 2 heteroatoms. The Morgan fingerprint density at radius 2 is 2.09 bits per heavy atom. The lowest BCUT2D eigenvalue weighted by atomic mass is 9.48. The third-order valence-corrected chi connectivity index (χ3v) is 7.68. The Hall–Kier alpha value is -1.15. The highest BCUT2D eigenvalue weighted by Gasteiger charge is 2.56. The van der Waals surface area contributed by atoms with Gasteiger partial charge in [-0.15, -0.1) is 0 Å². The van der Waals surface area contributed by atoms with E-state index in [0.29, 0.717) is 11.3 Å². The van der Waals surface area contributed by atoms with E-state index < -0.39 is 0 Å². The highest BCUT2D eigenvalue weighted by atomic mass is 16.3. The molecule has 0 aromatic heterocycles. The quantitative estimate of drug-likeness (QED) is 0.775. The number of aliphatic hydroxyl groups is 1. The molecule has 0 aromatic rings. The molecular weight excluding hydrogens is 284 g/mol. The van der Waals surface area contributed by atoms with Crippen molar-refractivity contribution in [3.63, 3.8) is 0 Å². The SMILES string of the molecule is C[C@]12C=CC(=O)C=C1CC[C@@H]1[C@@H]2CC[C@]2(C)C(CCO)=CC[C@@H]12. The Kier molecular flexibility index (Phi) is 3.46. The molecule has 4 rings (SSSR count). The number of fused-ring (bicyclic) bond motifs is 5. The Morgan fingerprint density at radius 1 is 1.26 bits per heavy atom. The Bertz CT molecular complexity index is 626. The second kappa shape index (κ2) is 5.17. The Labute approximate surface area is 139 Å². The third kappa shape index (κ3) is 2.07. The van der Waals surface area contributed by atoms with Crippen LogP contribution in [0.5, 0.6) is 0 Å². The number of hydrogen-bond acceptors (Lipinski definition) is 2. The van der Waals surface area contributed by atoms with Gasteiger partial charge >= 0.3 is 0 Å². The van der Waals surface area contributed by atoms with Crippen molar-refractivity contribution in [3.8, 4) is 0 Å². The third-order valence-electron chi connectivity index (χ3n) is 7.68. The first-order chi connectivity index (χ1) is 11.0. The van der Waals surface area contributed by atoms with Crippen LogP contribution in [0.2, 0.25) is 0 Å². The number of aliphatic hydroxyl groups excluding tert-OH is 1. The lowest BCUT2D eigenvalue weighted by Gasteiger charge is -2.56. The highest BCUT2D eigenvalue weighted by Crippen LogP contribution is 2.64. The number of hydrogen-bond donors (Lipinski definition) is 1. The van der Waals surface area contributed by atoms with Gasteiger partial charge in [0.1, 0.15) is 0 Å². The van der Waals surface area contributed by atoms with Crippen molar-refractivity contribution in [2.24, 2.45) is 28.6 Å². The van der Waals surface area contributed by atoms with E-state index in [-0.39, 0.29) is 17.8 Å². The minimum atomic E-state index is 0.0951. The number of rotatable bonds is 2. The van der Waals surface area contributed by atoms with Crippen LogP contribution in [0, 0.1) is 28.6 Å². The first-order valence-corrected chi connectivity index (χ1v) is 9.23. The maximum Gasteiger partial charge on any atom is 0.178 e. The molecule has 0 heterocycles. The summed E-state index contributed by atoms with van der Waals surface area (Å²) in [7, 11) is 0. The number of ketones is 1. The van der Waals surface area contributed by atoms with Gasteiger partial charge in [-0.1, -0.05) is 37.1 Å². The standard InChI is InChI=1S/C21H28O2/c1-20-11-8-19-17(18(20)6-4-14(20)9-12-22)5-3-15-13-16(23)7-10-21(15,19)2/h4,7,10,13,17-19,22H,3,5-6,8-9,11-12H2,1-2H3/t17-,18-,19-,20+,21-/m0/s1. The summed E-state index contributed by atoms with van der Waals surface area (Å²) >= 11 is 0. The van der Waals surface area contributed by atoms with E-state index in [0.717, 1.165) is 24.7 Å².